The van der Waals surface area contributed by atoms with Crippen molar-refractivity contribution in [1.29, 1.82) is 0 Å². The monoisotopic (exact) mass is 481 g/mol. The molecule has 0 aliphatic heterocycles. The number of aromatic nitrogens is 4. The molecule has 172 valence electrons. The lowest BCUT2D eigenvalue weighted by atomic mass is 9.97. The first-order valence-electron chi connectivity index (χ1n) is 11.4. The second-order valence-electron chi connectivity index (χ2n) is 8.65. The Kier molecular flexibility index (Phi) is 6.25. The van der Waals surface area contributed by atoms with Gasteiger partial charge in [0.1, 0.15) is 4.83 Å². The van der Waals surface area contributed by atoms with Crippen molar-refractivity contribution in [2.24, 2.45) is 7.05 Å². The number of thiophene rings is 1. The molecule has 0 saturated carbocycles. The molecule has 0 unspecified atom stereocenters. The molecule has 1 aromatic carbocycles. The molecule has 1 aliphatic carbocycles. The molecular weight excluding hydrogens is 454 g/mol. The molecule has 1 N–H and O–H groups in total. The predicted octanol–water partition coefficient (Wildman–Crippen LogP) is 3.75. The lowest BCUT2D eigenvalue weighted by Crippen LogP contribution is -2.34. The third kappa shape index (κ3) is 4.31. The number of carbonyl (C=O) groups is 1. The van der Waals surface area contributed by atoms with Crippen molar-refractivity contribution in [2.75, 3.05) is 5.75 Å². The maximum atomic E-state index is 13.1. The number of aryl methyl sites for hydroxylation is 4. The van der Waals surface area contributed by atoms with Gasteiger partial charge in [0.15, 0.2) is 5.16 Å². The summed E-state index contributed by atoms with van der Waals surface area (Å²) in [5.74, 6) is 0.750. The van der Waals surface area contributed by atoms with Crippen molar-refractivity contribution >= 4 is 45.0 Å². The second-order valence-corrected chi connectivity index (χ2v) is 10.7. The molecule has 0 saturated heterocycles. The third-order valence-electron chi connectivity index (χ3n) is 6.24. The molecule has 9 heteroatoms. The number of rotatable bonds is 7. The number of amides is 1. The molecule has 4 aromatic rings. The Morgan fingerprint density at radius 3 is 2.82 bits per heavy atom. The van der Waals surface area contributed by atoms with Crippen LogP contribution in [0.4, 0.5) is 0 Å². The Bertz CT molecular complexity index is 1370. The summed E-state index contributed by atoms with van der Waals surface area (Å²) in [6.07, 6.45) is 6.07. The highest BCUT2D eigenvalue weighted by molar-refractivity contribution is 7.99. The zero-order valence-corrected chi connectivity index (χ0v) is 20.5. The van der Waals surface area contributed by atoms with E-state index in [1.165, 1.54) is 27.8 Å². The topological polar surface area (TPSA) is 81.3 Å². The van der Waals surface area contributed by atoms with E-state index in [2.05, 4.69) is 27.6 Å². The van der Waals surface area contributed by atoms with Crippen molar-refractivity contribution in [3.05, 3.63) is 56.7 Å². The average molecular weight is 482 g/mol. The third-order valence-corrected chi connectivity index (χ3v) is 8.45. The zero-order chi connectivity index (χ0) is 22.9. The SMILES string of the molecule is C[C@@H](CCc1ccccc1)NC(=O)CSc1nnc2n(C)c(=O)c3c4c(sc3n12)CCCC4. The minimum absolute atomic E-state index is 0.00849. The Morgan fingerprint density at radius 2 is 2.00 bits per heavy atom. The number of thioether (sulfide) groups is 1. The van der Waals surface area contributed by atoms with Crippen LogP contribution in [0.25, 0.3) is 16.0 Å². The molecular formula is C24H27N5O2S2. The first-order valence-corrected chi connectivity index (χ1v) is 13.2. The highest BCUT2D eigenvalue weighted by Gasteiger charge is 2.24. The lowest BCUT2D eigenvalue weighted by Gasteiger charge is -2.13. The molecule has 0 spiro atoms. The summed E-state index contributed by atoms with van der Waals surface area (Å²) < 4.78 is 3.53. The van der Waals surface area contributed by atoms with E-state index in [4.69, 9.17) is 0 Å². The van der Waals surface area contributed by atoms with Crippen LogP contribution < -0.4 is 10.9 Å². The summed E-state index contributed by atoms with van der Waals surface area (Å²) in [7, 11) is 1.74. The number of nitrogens with one attached hydrogen (secondary N) is 1. The van der Waals surface area contributed by atoms with Gasteiger partial charge in [-0.2, -0.15) is 0 Å². The molecule has 0 bridgehead atoms. The summed E-state index contributed by atoms with van der Waals surface area (Å²) in [4.78, 5) is 27.9. The highest BCUT2D eigenvalue weighted by atomic mass is 32.2. The van der Waals surface area contributed by atoms with Crippen LogP contribution >= 0.6 is 23.1 Å². The van der Waals surface area contributed by atoms with Gasteiger partial charge in [0.2, 0.25) is 11.7 Å². The van der Waals surface area contributed by atoms with Gasteiger partial charge in [0, 0.05) is 18.0 Å². The fourth-order valence-corrected chi connectivity index (χ4v) is 6.67. The van der Waals surface area contributed by atoms with Gasteiger partial charge in [-0.05, 0) is 56.6 Å². The fraction of sp³-hybridized carbons (Fsp3) is 0.417. The molecule has 0 fully saturated rings. The van der Waals surface area contributed by atoms with Gasteiger partial charge in [-0.3, -0.25) is 14.2 Å². The van der Waals surface area contributed by atoms with Gasteiger partial charge in [0.05, 0.1) is 11.1 Å². The average Bonchev–Trinajstić information content (AvgIpc) is 3.42. The van der Waals surface area contributed by atoms with Crippen LogP contribution in [0, 0.1) is 0 Å². The molecule has 7 nitrogen and oxygen atoms in total. The molecule has 1 atom stereocenters. The van der Waals surface area contributed by atoms with Gasteiger partial charge in [0.25, 0.3) is 5.56 Å². The van der Waals surface area contributed by atoms with E-state index in [1.807, 2.05) is 29.5 Å². The van der Waals surface area contributed by atoms with Crippen molar-refractivity contribution in [3.63, 3.8) is 0 Å². The minimum atomic E-state index is -0.0242. The fourth-order valence-electron chi connectivity index (χ4n) is 4.49. The predicted molar refractivity (Wildman–Crippen MR) is 133 cm³/mol. The summed E-state index contributed by atoms with van der Waals surface area (Å²) in [5.41, 5.74) is 2.46. The van der Waals surface area contributed by atoms with Gasteiger partial charge < -0.3 is 5.32 Å². The maximum Gasteiger partial charge on any atom is 0.263 e. The molecule has 1 amide bonds. The lowest BCUT2D eigenvalue weighted by molar-refractivity contribution is -0.119. The maximum absolute atomic E-state index is 13.1. The van der Waals surface area contributed by atoms with Crippen LogP contribution in [0.2, 0.25) is 0 Å². The second kappa shape index (κ2) is 9.30. The number of carbonyl (C=O) groups excluding carboxylic acids is 1. The molecule has 0 radical (unpaired) electrons. The van der Waals surface area contributed by atoms with Gasteiger partial charge in [-0.15, -0.1) is 21.5 Å². The van der Waals surface area contributed by atoms with Crippen molar-refractivity contribution < 1.29 is 4.79 Å². The zero-order valence-electron chi connectivity index (χ0n) is 18.8. The number of hydrogen-bond acceptors (Lipinski definition) is 6. The normalized spacial score (nSPS) is 14.5. The first kappa shape index (κ1) is 22.2. The van der Waals surface area contributed by atoms with Crippen molar-refractivity contribution in [1.82, 2.24) is 24.5 Å². The molecule has 3 aromatic heterocycles. The Labute approximate surface area is 200 Å². The van der Waals surface area contributed by atoms with E-state index in [9.17, 15) is 9.59 Å². The molecule has 3 heterocycles. The van der Waals surface area contributed by atoms with Crippen LogP contribution in [-0.2, 0) is 31.1 Å². The van der Waals surface area contributed by atoms with E-state index < -0.39 is 0 Å². The van der Waals surface area contributed by atoms with E-state index in [1.54, 1.807) is 23.0 Å². The van der Waals surface area contributed by atoms with Gasteiger partial charge in [-0.25, -0.2) is 4.40 Å². The highest BCUT2D eigenvalue weighted by Crippen LogP contribution is 2.36. The van der Waals surface area contributed by atoms with Crippen molar-refractivity contribution in [3.8, 4) is 0 Å². The number of hydrogen-bond donors (Lipinski definition) is 1. The largest absolute Gasteiger partial charge is 0.353 e. The van der Waals surface area contributed by atoms with Gasteiger partial charge >= 0.3 is 0 Å². The number of benzene rings is 1. The van der Waals surface area contributed by atoms with Gasteiger partial charge in [-0.1, -0.05) is 42.1 Å². The summed E-state index contributed by atoms with van der Waals surface area (Å²) in [5, 5.41) is 13.1. The van der Waals surface area contributed by atoms with E-state index in [0.29, 0.717) is 10.9 Å². The summed E-state index contributed by atoms with van der Waals surface area (Å²) in [6, 6.07) is 10.4. The summed E-state index contributed by atoms with van der Waals surface area (Å²) in [6.45, 7) is 2.04. The standard InChI is InChI=1S/C24H27N5O2S2/c1-15(12-13-16-8-4-3-5-9-16)25-19(30)14-32-24-27-26-23-28(2)21(31)20-17-10-6-7-11-18(17)33-22(20)29(23)24/h3-5,8-9,15H,6-7,10-14H2,1-2H3,(H,25,30)/t15-/m0/s1. The Morgan fingerprint density at radius 1 is 1.21 bits per heavy atom. The Balaban J connectivity index is 1.32. The van der Waals surface area contributed by atoms with Crippen molar-refractivity contribution in [2.45, 2.75) is 56.6 Å². The molecule has 33 heavy (non-hydrogen) atoms. The van der Waals surface area contributed by atoms with E-state index in [-0.39, 0.29) is 23.3 Å². The minimum Gasteiger partial charge on any atom is -0.353 e. The Hall–Kier alpha value is -2.65. The van der Waals surface area contributed by atoms with Crippen LogP contribution in [0.5, 0.6) is 0 Å². The quantitative estimate of drug-likeness (QED) is 0.407. The molecule has 1 aliphatic rings. The van der Waals surface area contributed by atoms with E-state index in [0.717, 1.165) is 48.7 Å². The number of nitrogens with zero attached hydrogens (tertiary/aromatic N) is 4. The van der Waals surface area contributed by atoms with Crippen LogP contribution in [0.1, 0.15) is 42.2 Å². The number of fused-ring (bicyclic) bond motifs is 5. The van der Waals surface area contributed by atoms with Crippen LogP contribution in [-0.4, -0.2) is 36.9 Å². The molecule has 5 rings (SSSR count). The first-order chi connectivity index (χ1) is 16.0. The van der Waals surface area contributed by atoms with Crippen LogP contribution in [0.15, 0.2) is 40.3 Å². The van der Waals surface area contributed by atoms with Crippen LogP contribution in [0.3, 0.4) is 0 Å². The summed E-state index contributed by atoms with van der Waals surface area (Å²) >= 11 is 3.04. The van der Waals surface area contributed by atoms with E-state index >= 15 is 0 Å². The smallest absolute Gasteiger partial charge is 0.263 e.